The van der Waals surface area contributed by atoms with Gasteiger partial charge < -0.3 is 9.88 Å². The van der Waals surface area contributed by atoms with E-state index in [0.717, 1.165) is 6.42 Å². The van der Waals surface area contributed by atoms with Gasteiger partial charge in [0.2, 0.25) is 0 Å². The number of hydrogen-bond acceptors (Lipinski definition) is 2. The molecule has 1 aromatic rings. The normalized spacial score (nSPS) is 9.43. The number of aromatic nitrogens is 2. The second-order valence-corrected chi connectivity index (χ2v) is 2.95. The Morgan fingerprint density at radius 2 is 2.57 bits per heavy atom. The Labute approximate surface area is 83.3 Å². The van der Waals surface area contributed by atoms with Gasteiger partial charge in [0.25, 0.3) is 5.91 Å². The molecule has 0 atom stereocenters. The molecule has 0 fully saturated rings. The summed E-state index contributed by atoms with van der Waals surface area (Å²) in [6.45, 7) is 0.605. The molecule has 1 aromatic heterocycles. The highest BCUT2D eigenvalue weighted by atomic mass is 16.1. The predicted molar refractivity (Wildman–Crippen MR) is 53.6 cm³/mol. The summed E-state index contributed by atoms with van der Waals surface area (Å²) in [4.78, 5) is 15.3. The lowest BCUT2D eigenvalue weighted by Crippen LogP contribution is -2.26. The highest BCUT2D eigenvalue weighted by Crippen LogP contribution is 1.95. The molecule has 0 aliphatic heterocycles. The molecular weight excluding hydrogens is 178 g/mol. The largest absolute Gasteiger partial charge is 0.351 e. The maximum Gasteiger partial charge on any atom is 0.269 e. The van der Waals surface area contributed by atoms with E-state index < -0.39 is 0 Å². The fourth-order valence-corrected chi connectivity index (χ4v) is 1.06. The second-order valence-electron chi connectivity index (χ2n) is 2.95. The van der Waals surface area contributed by atoms with Crippen molar-refractivity contribution in [1.82, 2.24) is 14.9 Å². The third kappa shape index (κ3) is 2.63. The van der Waals surface area contributed by atoms with Crippen LogP contribution in [0.3, 0.4) is 0 Å². The monoisotopic (exact) mass is 191 g/mol. The van der Waals surface area contributed by atoms with E-state index in [4.69, 9.17) is 6.42 Å². The Morgan fingerprint density at radius 1 is 1.79 bits per heavy atom. The van der Waals surface area contributed by atoms with Crippen molar-refractivity contribution in [3.63, 3.8) is 0 Å². The number of nitrogens with zero attached hydrogens (tertiary/aromatic N) is 2. The molecule has 74 valence electrons. The van der Waals surface area contributed by atoms with Gasteiger partial charge in [0.15, 0.2) is 0 Å². The molecule has 14 heavy (non-hydrogen) atoms. The molecule has 0 saturated heterocycles. The third-order valence-corrected chi connectivity index (χ3v) is 1.83. The van der Waals surface area contributed by atoms with Crippen LogP contribution in [0.15, 0.2) is 12.5 Å². The molecule has 0 aliphatic rings. The molecule has 1 heterocycles. The fourth-order valence-electron chi connectivity index (χ4n) is 1.06. The van der Waals surface area contributed by atoms with Gasteiger partial charge in [0.05, 0.1) is 12.5 Å². The summed E-state index contributed by atoms with van der Waals surface area (Å²) >= 11 is 0. The molecule has 0 bridgehead atoms. The van der Waals surface area contributed by atoms with Crippen molar-refractivity contribution in [1.29, 1.82) is 0 Å². The third-order valence-electron chi connectivity index (χ3n) is 1.83. The Kier molecular flexibility index (Phi) is 3.74. The van der Waals surface area contributed by atoms with Crippen molar-refractivity contribution in [3.8, 4) is 12.3 Å². The summed E-state index contributed by atoms with van der Waals surface area (Å²) in [7, 11) is 1.78. The maximum atomic E-state index is 11.5. The number of unbranched alkanes of at least 4 members (excludes halogenated alkanes) is 1. The average Bonchev–Trinajstić information content (AvgIpc) is 2.59. The molecule has 4 nitrogen and oxygen atoms in total. The van der Waals surface area contributed by atoms with Crippen LogP contribution in [0.2, 0.25) is 0 Å². The van der Waals surface area contributed by atoms with Gasteiger partial charge in [-0.25, -0.2) is 4.98 Å². The minimum Gasteiger partial charge on any atom is -0.351 e. The fraction of sp³-hybridized carbons (Fsp3) is 0.400. The van der Waals surface area contributed by atoms with Crippen LogP contribution in [0.5, 0.6) is 0 Å². The SMILES string of the molecule is C#CCCCNC(=O)c1cncn1C. The highest BCUT2D eigenvalue weighted by molar-refractivity contribution is 5.92. The van der Waals surface area contributed by atoms with Crippen LogP contribution in [0.1, 0.15) is 23.3 Å². The smallest absolute Gasteiger partial charge is 0.269 e. The van der Waals surface area contributed by atoms with Crippen molar-refractivity contribution in [2.45, 2.75) is 12.8 Å². The number of amides is 1. The predicted octanol–water partition coefficient (Wildman–Crippen LogP) is 0.563. The first kappa shape index (κ1) is 10.3. The van der Waals surface area contributed by atoms with Crippen molar-refractivity contribution < 1.29 is 4.79 Å². The van der Waals surface area contributed by atoms with E-state index >= 15 is 0 Å². The van der Waals surface area contributed by atoms with E-state index in [9.17, 15) is 4.79 Å². The number of hydrogen-bond donors (Lipinski definition) is 1. The first-order valence-electron chi connectivity index (χ1n) is 4.43. The van der Waals surface area contributed by atoms with Crippen LogP contribution in [0.4, 0.5) is 0 Å². The molecule has 0 radical (unpaired) electrons. The summed E-state index contributed by atoms with van der Waals surface area (Å²) in [5.41, 5.74) is 0.561. The van der Waals surface area contributed by atoms with Gasteiger partial charge in [0.1, 0.15) is 5.69 Å². The lowest BCUT2D eigenvalue weighted by atomic mass is 10.3. The van der Waals surface area contributed by atoms with Crippen molar-refractivity contribution in [2.75, 3.05) is 6.54 Å². The van der Waals surface area contributed by atoms with Gasteiger partial charge in [-0.15, -0.1) is 12.3 Å². The highest BCUT2D eigenvalue weighted by Gasteiger charge is 2.07. The van der Waals surface area contributed by atoms with E-state index in [-0.39, 0.29) is 5.91 Å². The van der Waals surface area contributed by atoms with Gasteiger partial charge in [-0.2, -0.15) is 0 Å². The molecule has 0 aromatic carbocycles. The number of carbonyl (C=O) groups excluding carboxylic acids is 1. The lowest BCUT2D eigenvalue weighted by molar-refractivity contribution is 0.0945. The number of imidazole rings is 1. The van der Waals surface area contributed by atoms with Crippen molar-refractivity contribution in [3.05, 3.63) is 18.2 Å². The first-order chi connectivity index (χ1) is 6.75. The molecule has 1 N–H and O–H groups in total. The van der Waals surface area contributed by atoms with Gasteiger partial charge in [-0.05, 0) is 6.42 Å². The van der Waals surface area contributed by atoms with Gasteiger partial charge in [0, 0.05) is 20.0 Å². The number of carbonyl (C=O) groups is 1. The van der Waals surface area contributed by atoms with Crippen LogP contribution in [0, 0.1) is 12.3 Å². The summed E-state index contributed by atoms with van der Waals surface area (Å²) < 4.78 is 1.68. The summed E-state index contributed by atoms with van der Waals surface area (Å²) in [6, 6.07) is 0. The van der Waals surface area contributed by atoms with Crippen LogP contribution in [0.25, 0.3) is 0 Å². The quantitative estimate of drug-likeness (QED) is 0.558. The number of terminal acetylenes is 1. The van der Waals surface area contributed by atoms with Gasteiger partial charge >= 0.3 is 0 Å². The maximum absolute atomic E-state index is 11.5. The standard InChI is InChI=1S/C10H13N3O/c1-3-4-5-6-12-10(14)9-7-11-8-13(9)2/h1,7-8H,4-6H2,2H3,(H,12,14). The first-order valence-corrected chi connectivity index (χ1v) is 4.43. The average molecular weight is 191 g/mol. The number of rotatable bonds is 4. The van der Waals surface area contributed by atoms with Crippen LogP contribution >= 0.6 is 0 Å². The molecule has 1 rings (SSSR count). The van der Waals surface area contributed by atoms with Crippen LogP contribution in [-0.4, -0.2) is 22.0 Å². The molecule has 0 unspecified atom stereocenters. The summed E-state index contributed by atoms with van der Waals surface area (Å²) in [5.74, 6) is 2.41. The van der Waals surface area contributed by atoms with E-state index in [1.54, 1.807) is 17.9 Å². The minimum atomic E-state index is -0.109. The van der Waals surface area contributed by atoms with E-state index in [2.05, 4.69) is 16.2 Å². The molecule has 1 amide bonds. The van der Waals surface area contributed by atoms with Crippen LogP contribution in [-0.2, 0) is 7.05 Å². The van der Waals surface area contributed by atoms with E-state index in [1.807, 2.05) is 0 Å². The zero-order valence-corrected chi connectivity index (χ0v) is 8.16. The van der Waals surface area contributed by atoms with Gasteiger partial charge in [-0.3, -0.25) is 4.79 Å². The molecular formula is C10H13N3O. The molecule has 0 aliphatic carbocycles. The summed E-state index contributed by atoms with van der Waals surface area (Å²) in [5, 5.41) is 2.77. The Bertz CT molecular complexity index is 348. The Hall–Kier alpha value is -1.76. The van der Waals surface area contributed by atoms with E-state index in [0.29, 0.717) is 18.7 Å². The molecule has 4 heteroatoms. The van der Waals surface area contributed by atoms with Crippen LogP contribution < -0.4 is 5.32 Å². The minimum absolute atomic E-state index is 0.109. The Morgan fingerprint density at radius 3 is 3.14 bits per heavy atom. The van der Waals surface area contributed by atoms with Crippen molar-refractivity contribution in [2.24, 2.45) is 7.05 Å². The van der Waals surface area contributed by atoms with Gasteiger partial charge in [-0.1, -0.05) is 0 Å². The Balaban J connectivity index is 2.37. The number of aryl methyl sites for hydroxylation is 1. The lowest BCUT2D eigenvalue weighted by Gasteiger charge is -2.03. The van der Waals surface area contributed by atoms with Crippen molar-refractivity contribution >= 4 is 5.91 Å². The van der Waals surface area contributed by atoms with E-state index in [1.165, 1.54) is 6.20 Å². The zero-order chi connectivity index (χ0) is 10.4. The molecule has 0 spiro atoms. The second kappa shape index (κ2) is 5.07. The zero-order valence-electron chi connectivity index (χ0n) is 8.16. The topological polar surface area (TPSA) is 46.9 Å². The molecule has 0 saturated carbocycles. The number of nitrogens with one attached hydrogen (secondary N) is 1. The summed E-state index contributed by atoms with van der Waals surface area (Å²) in [6.07, 6.45) is 9.71.